The molecule has 0 unspecified atom stereocenters. The molecule has 2 heterocycles. The van der Waals surface area contributed by atoms with Gasteiger partial charge in [-0.05, 0) is 0 Å². The Kier molecular flexibility index (Phi) is 5.83. The molecule has 2 aromatic rings. The van der Waals surface area contributed by atoms with Gasteiger partial charge in [0.15, 0.2) is 12.3 Å². The van der Waals surface area contributed by atoms with Crippen LogP contribution in [0.25, 0.3) is 0 Å². The standard InChI is InChI=1S/C21H25NO5/c1-24-21-17(22-12-14-8-4-2-5-9-14)18(23)19-16(26-21)13-25-20(27-19)15-10-6-3-7-11-15/h2-11,16-23H,12-13H2,1H3/p+1/t16-,17-,18-,19-,20-,21-/m1/s1. The molecule has 6 heteroatoms. The quantitative estimate of drug-likeness (QED) is 0.818. The predicted molar refractivity (Wildman–Crippen MR) is 97.5 cm³/mol. The third-order valence-electron chi connectivity index (χ3n) is 5.19. The molecule has 2 aliphatic heterocycles. The van der Waals surface area contributed by atoms with E-state index in [-0.39, 0.29) is 12.1 Å². The Balaban J connectivity index is 1.46. The van der Waals surface area contributed by atoms with Gasteiger partial charge in [-0.2, -0.15) is 0 Å². The average molecular weight is 372 g/mol. The van der Waals surface area contributed by atoms with Gasteiger partial charge in [0.05, 0.1) is 6.61 Å². The molecular formula is C21H26NO5+. The SMILES string of the molecule is CO[C@@H]1O[C@@H]2CO[C@@H](c3ccccc3)O[C@H]2[C@H](O)[C@H]1[NH2+]Cc1ccccc1. The summed E-state index contributed by atoms with van der Waals surface area (Å²) in [6.07, 6.45) is -2.57. The minimum Gasteiger partial charge on any atom is -0.384 e. The van der Waals surface area contributed by atoms with Gasteiger partial charge in [0.25, 0.3) is 0 Å². The van der Waals surface area contributed by atoms with Gasteiger partial charge in [0, 0.05) is 18.2 Å². The van der Waals surface area contributed by atoms with Gasteiger partial charge in [-0.1, -0.05) is 60.7 Å². The number of nitrogens with two attached hydrogens (primary N) is 1. The largest absolute Gasteiger partial charge is 0.384 e. The second-order valence-electron chi connectivity index (χ2n) is 6.95. The second kappa shape index (κ2) is 8.48. The highest BCUT2D eigenvalue weighted by atomic mass is 16.7. The van der Waals surface area contributed by atoms with Crippen LogP contribution in [-0.4, -0.2) is 49.5 Å². The van der Waals surface area contributed by atoms with Crippen LogP contribution in [0.5, 0.6) is 0 Å². The fourth-order valence-electron chi connectivity index (χ4n) is 3.74. The van der Waals surface area contributed by atoms with Crippen LogP contribution < -0.4 is 5.32 Å². The zero-order valence-corrected chi connectivity index (χ0v) is 15.3. The first-order valence-corrected chi connectivity index (χ1v) is 9.32. The van der Waals surface area contributed by atoms with Gasteiger partial charge in [0.2, 0.25) is 6.29 Å². The Labute approximate surface area is 159 Å². The van der Waals surface area contributed by atoms with E-state index in [2.05, 4.69) is 17.4 Å². The summed E-state index contributed by atoms with van der Waals surface area (Å²) in [6.45, 7) is 1.08. The van der Waals surface area contributed by atoms with Crippen molar-refractivity contribution in [1.29, 1.82) is 0 Å². The number of fused-ring (bicyclic) bond motifs is 1. The molecule has 27 heavy (non-hydrogen) atoms. The number of hydrogen-bond donors (Lipinski definition) is 2. The summed E-state index contributed by atoms with van der Waals surface area (Å²) in [5.74, 6) is 0. The van der Waals surface area contributed by atoms with Crippen molar-refractivity contribution in [3.05, 3.63) is 71.8 Å². The lowest BCUT2D eigenvalue weighted by atomic mass is 9.95. The van der Waals surface area contributed by atoms with Gasteiger partial charge in [0.1, 0.15) is 24.9 Å². The smallest absolute Gasteiger partial charge is 0.213 e. The number of benzene rings is 2. The van der Waals surface area contributed by atoms with E-state index in [1.165, 1.54) is 5.56 Å². The molecule has 0 radical (unpaired) electrons. The van der Waals surface area contributed by atoms with Gasteiger partial charge in [-0.15, -0.1) is 0 Å². The van der Waals surface area contributed by atoms with E-state index in [0.717, 1.165) is 12.1 Å². The molecule has 2 saturated heterocycles. The molecule has 0 aliphatic carbocycles. The molecular weight excluding hydrogens is 346 g/mol. The van der Waals surface area contributed by atoms with Crippen LogP contribution in [0.2, 0.25) is 0 Å². The molecule has 6 atom stereocenters. The summed E-state index contributed by atoms with van der Waals surface area (Å²) < 4.78 is 23.4. The molecule has 2 aromatic carbocycles. The topological polar surface area (TPSA) is 73.8 Å². The highest BCUT2D eigenvalue weighted by Gasteiger charge is 2.51. The van der Waals surface area contributed by atoms with Gasteiger partial charge < -0.3 is 29.4 Å². The van der Waals surface area contributed by atoms with Crippen molar-refractivity contribution < 1.29 is 29.4 Å². The Hall–Kier alpha value is -1.80. The summed E-state index contributed by atoms with van der Waals surface area (Å²) >= 11 is 0. The highest BCUT2D eigenvalue weighted by molar-refractivity contribution is 5.17. The molecule has 0 aromatic heterocycles. The van der Waals surface area contributed by atoms with Crippen LogP contribution in [-0.2, 0) is 25.5 Å². The normalized spacial score (nSPS) is 33.4. The molecule has 0 bridgehead atoms. The second-order valence-corrected chi connectivity index (χ2v) is 6.95. The number of ether oxygens (including phenoxy) is 4. The lowest BCUT2D eigenvalue weighted by Gasteiger charge is -2.46. The van der Waals surface area contributed by atoms with Crippen molar-refractivity contribution in [1.82, 2.24) is 0 Å². The minimum atomic E-state index is -0.729. The van der Waals surface area contributed by atoms with E-state index in [1.54, 1.807) is 7.11 Å². The zero-order chi connectivity index (χ0) is 18.6. The van der Waals surface area contributed by atoms with Crippen LogP contribution >= 0.6 is 0 Å². The number of aliphatic hydroxyl groups excluding tert-OH is 1. The molecule has 0 saturated carbocycles. The molecule has 0 amide bonds. The van der Waals surface area contributed by atoms with Crippen LogP contribution in [0.1, 0.15) is 17.4 Å². The van der Waals surface area contributed by atoms with E-state index in [0.29, 0.717) is 6.61 Å². The molecule has 0 spiro atoms. The maximum atomic E-state index is 11.0. The summed E-state index contributed by atoms with van der Waals surface area (Å²) in [5.41, 5.74) is 2.11. The molecule has 2 aliphatic rings. The summed E-state index contributed by atoms with van der Waals surface area (Å²) in [7, 11) is 1.60. The van der Waals surface area contributed by atoms with Crippen molar-refractivity contribution in [2.75, 3.05) is 13.7 Å². The lowest BCUT2D eigenvalue weighted by Crippen LogP contribution is -2.96. The van der Waals surface area contributed by atoms with Gasteiger partial charge in [-0.25, -0.2) is 0 Å². The minimum absolute atomic E-state index is 0.286. The maximum Gasteiger partial charge on any atom is 0.213 e. The van der Waals surface area contributed by atoms with Crippen LogP contribution in [0.3, 0.4) is 0 Å². The van der Waals surface area contributed by atoms with Crippen LogP contribution in [0.4, 0.5) is 0 Å². The van der Waals surface area contributed by atoms with Crippen molar-refractivity contribution in [3.8, 4) is 0 Å². The predicted octanol–water partition coefficient (Wildman–Crippen LogP) is 0.965. The first-order chi connectivity index (χ1) is 13.3. The van der Waals surface area contributed by atoms with Crippen molar-refractivity contribution in [2.45, 2.75) is 43.5 Å². The number of aliphatic hydroxyl groups is 1. The Morgan fingerprint density at radius 3 is 2.44 bits per heavy atom. The summed E-state index contributed by atoms with van der Waals surface area (Å²) in [6, 6.07) is 19.6. The average Bonchev–Trinajstić information content (AvgIpc) is 2.74. The van der Waals surface area contributed by atoms with Crippen molar-refractivity contribution in [3.63, 3.8) is 0 Å². The molecule has 144 valence electrons. The van der Waals surface area contributed by atoms with E-state index >= 15 is 0 Å². The van der Waals surface area contributed by atoms with Crippen molar-refractivity contribution in [2.24, 2.45) is 0 Å². The number of methoxy groups -OCH3 is 1. The number of quaternary nitrogens is 1. The molecule has 3 N–H and O–H groups in total. The Morgan fingerprint density at radius 2 is 1.74 bits per heavy atom. The van der Waals surface area contributed by atoms with Crippen LogP contribution in [0, 0.1) is 0 Å². The Morgan fingerprint density at radius 1 is 1.04 bits per heavy atom. The maximum absolute atomic E-state index is 11.0. The summed E-state index contributed by atoms with van der Waals surface area (Å²) in [5, 5.41) is 13.1. The van der Waals surface area contributed by atoms with E-state index < -0.39 is 24.8 Å². The zero-order valence-electron chi connectivity index (χ0n) is 15.3. The van der Waals surface area contributed by atoms with E-state index in [9.17, 15) is 5.11 Å². The summed E-state index contributed by atoms with van der Waals surface area (Å²) in [4.78, 5) is 0. The van der Waals surface area contributed by atoms with Crippen LogP contribution in [0.15, 0.2) is 60.7 Å². The Bertz CT molecular complexity index is 707. The lowest BCUT2D eigenvalue weighted by molar-refractivity contribution is -0.732. The van der Waals surface area contributed by atoms with Crippen molar-refractivity contribution >= 4 is 0 Å². The highest BCUT2D eigenvalue weighted by Crippen LogP contribution is 2.33. The molecule has 4 rings (SSSR count). The van der Waals surface area contributed by atoms with Gasteiger partial charge in [-0.3, -0.25) is 0 Å². The number of hydrogen-bond acceptors (Lipinski definition) is 5. The fraction of sp³-hybridized carbons (Fsp3) is 0.429. The molecule has 6 nitrogen and oxygen atoms in total. The first-order valence-electron chi connectivity index (χ1n) is 9.32. The third-order valence-corrected chi connectivity index (χ3v) is 5.19. The fourth-order valence-corrected chi connectivity index (χ4v) is 3.74. The van der Waals surface area contributed by atoms with Gasteiger partial charge >= 0.3 is 0 Å². The third kappa shape index (κ3) is 4.06. The monoisotopic (exact) mass is 372 g/mol. The number of rotatable bonds is 5. The molecule has 2 fully saturated rings. The van der Waals surface area contributed by atoms with E-state index in [4.69, 9.17) is 18.9 Å². The van der Waals surface area contributed by atoms with E-state index in [1.807, 2.05) is 48.5 Å². The first kappa shape index (κ1) is 18.6.